The van der Waals surface area contributed by atoms with Crippen molar-refractivity contribution in [1.29, 1.82) is 0 Å². The minimum absolute atomic E-state index is 0.158. The Morgan fingerprint density at radius 1 is 0.818 bits per heavy atom. The molecule has 3 aromatic carbocycles. The molecule has 0 aliphatic rings. The molecule has 0 radical (unpaired) electrons. The predicted molar refractivity (Wildman–Crippen MR) is 87.7 cm³/mol. The van der Waals surface area contributed by atoms with Crippen molar-refractivity contribution in [1.82, 2.24) is 0 Å². The number of hydrogen-bond donors (Lipinski definition) is 0. The molecule has 0 spiro atoms. The number of fused-ring (bicyclic) bond motifs is 1. The van der Waals surface area contributed by atoms with Crippen molar-refractivity contribution in [3.63, 3.8) is 0 Å². The highest BCUT2D eigenvalue weighted by atomic mass is 32.2. The van der Waals surface area contributed by atoms with E-state index in [9.17, 15) is 8.42 Å². The van der Waals surface area contributed by atoms with Gasteiger partial charge in [0.05, 0.1) is 0 Å². The van der Waals surface area contributed by atoms with Gasteiger partial charge in [0, 0.05) is 5.39 Å². The van der Waals surface area contributed by atoms with E-state index < -0.39 is 10.1 Å². The summed E-state index contributed by atoms with van der Waals surface area (Å²) in [5.41, 5.74) is 1.79. The largest absolute Gasteiger partial charge is 0.378 e. The molecule has 112 valence electrons. The van der Waals surface area contributed by atoms with E-state index in [0.717, 1.165) is 21.9 Å². The minimum atomic E-state index is -3.84. The fraction of sp³-hybridized carbons (Fsp3) is 0.111. The molecule has 0 atom stereocenters. The van der Waals surface area contributed by atoms with Gasteiger partial charge < -0.3 is 4.18 Å². The first kappa shape index (κ1) is 14.6. The van der Waals surface area contributed by atoms with Crippen LogP contribution in [0.2, 0.25) is 0 Å². The van der Waals surface area contributed by atoms with E-state index in [1.165, 1.54) is 0 Å². The molecule has 0 heterocycles. The van der Waals surface area contributed by atoms with Gasteiger partial charge in [-0.05, 0) is 36.9 Å². The van der Waals surface area contributed by atoms with Crippen molar-refractivity contribution in [2.75, 3.05) is 0 Å². The first-order chi connectivity index (χ1) is 10.5. The smallest absolute Gasteiger partial charge is 0.339 e. The number of aryl methyl sites for hydroxylation is 2. The van der Waals surface area contributed by atoms with Crippen LogP contribution in [0.15, 0.2) is 65.6 Å². The summed E-state index contributed by atoms with van der Waals surface area (Å²) < 4.78 is 30.4. The van der Waals surface area contributed by atoms with Crippen molar-refractivity contribution in [3.05, 3.63) is 71.8 Å². The van der Waals surface area contributed by atoms with Crippen LogP contribution in [0.1, 0.15) is 11.1 Å². The molecule has 0 aliphatic carbocycles. The second-order valence-electron chi connectivity index (χ2n) is 5.28. The van der Waals surface area contributed by atoms with Gasteiger partial charge in [-0.1, -0.05) is 54.1 Å². The van der Waals surface area contributed by atoms with Crippen molar-refractivity contribution in [3.8, 4) is 5.75 Å². The molecular formula is C18H16O3S. The predicted octanol–water partition coefficient (Wildman–Crippen LogP) is 4.22. The minimum Gasteiger partial charge on any atom is -0.378 e. The molecule has 22 heavy (non-hydrogen) atoms. The van der Waals surface area contributed by atoms with Gasteiger partial charge in [-0.3, -0.25) is 0 Å². The van der Waals surface area contributed by atoms with E-state index in [1.807, 2.05) is 50.2 Å². The maximum Gasteiger partial charge on any atom is 0.339 e. The lowest BCUT2D eigenvalue weighted by molar-refractivity contribution is 0.487. The second-order valence-corrected chi connectivity index (χ2v) is 6.83. The summed E-state index contributed by atoms with van der Waals surface area (Å²) in [6, 6.07) is 18.0. The molecule has 4 heteroatoms. The van der Waals surface area contributed by atoms with E-state index in [2.05, 4.69) is 0 Å². The fourth-order valence-electron chi connectivity index (χ4n) is 2.33. The lowest BCUT2D eigenvalue weighted by atomic mass is 10.1. The van der Waals surface area contributed by atoms with E-state index >= 15 is 0 Å². The van der Waals surface area contributed by atoms with Gasteiger partial charge in [-0.15, -0.1) is 0 Å². The normalized spacial score (nSPS) is 11.5. The van der Waals surface area contributed by atoms with Crippen LogP contribution < -0.4 is 4.18 Å². The summed E-state index contributed by atoms with van der Waals surface area (Å²) >= 11 is 0. The summed E-state index contributed by atoms with van der Waals surface area (Å²) in [6.45, 7) is 3.75. The Bertz CT molecular complexity index is 926. The van der Waals surface area contributed by atoms with Crippen LogP contribution in [0, 0.1) is 13.8 Å². The highest BCUT2D eigenvalue weighted by Crippen LogP contribution is 2.31. The van der Waals surface area contributed by atoms with Crippen LogP contribution in [-0.4, -0.2) is 8.42 Å². The topological polar surface area (TPSA) is 43.4 Å². The fourth-order valence-corrected chi connectivity index (χ4v) is 3.33. The molecule has 0 unspecified atom stereocenters. The van der Waals surface area contributed by atoms with Crippen molar-refractivity contribution >= 4 is 20.9 Å². The Morgan fingerprint density at radius 3 is 2.23 bits per heavy atom. The quantitative estimate of drug-likeness (QED) is 0.680. The van der Waals surface area contributed by atoms with Gasteiger partial charge >= 0.3 is 10.1 Å². The zero-order valence-electron chi connectivity index (χ0n) is 12.4. The Hall–Kier alpha value is -2.33. The number of benzene rings is 3. The molecule has 0 saturated carbocycles. The van der Waals surface area contributed by atoms with Crippen LogP contribution in [0.4, 0.5) is 0 Å². The lowest BCUT2D eigenvalue weighted by Crippen LogP contribution is -2.10. The summed E-state index contributed by atoms with van der Waals surface area (Å²) in [4.78, 5) is 0.158. The highest BCUT2D eigenvalue weighted by Gasteiger charge is 2.19. The highest BCUT2D eigenvalue weighted by molar-refractivity contribution is 7.87. The first-order valence-electron chi connectivity index (χ1n) is 6.97. The molecule has 0 amide bonds. The van der Waals surface area contributed by atoms with Gasteiger partial charge in [-0.2, -0.15) is 8.42 Å². The lowest BCUT2D eigenvalue weighted by Gasteiger charge is -2.12. The average molecular weight is 312 g/mol. The standard InChI is InChI=1S/C18H16O3S/c1-13-7-11-16(12-8-13)22(19,20)21-18-14(2)9-10-15-5-3-4-6-17(15)18/h3-12H,1-2H3. The Kier molecular flexibility index (Phi) is 3.62. The molecular weight excluding hydrogens is 296 g/mol. The third-order valence-corrected chi connectivity index (χ3v) is 4.81. The molecule has 0 bridgehead atoms. The molecule has 0 saturated heterocycles. The molecule has 0 aliphatic heterocycles. The maximum atomic E-state index is 12.5. The van der Waals surface area contributed by atoms with E-state index in [1.54, 1.807) is 24.3 Å². The summed E-state index contributed by atoms with van der Waals surface area (Å²) in [5.74, 6) is 0.388. The zero-order valence-corrected chi connectivity index (χ0v) is 13.2. The van der Waals surface area contributed by atoms with Crippen LogP contribution in [0.25, 0.3) is 10.8 Å². The van der Waals surface area contributed by atoms with E-state index in [0.29, 0.717) is 5.75 Å². The van der Waals surface area contributed by atoms with Gasteiger partial charge in [0.2, 0.25) is 0 Å². The summed E-state index contributed by atoms with van der Waals surface area (Å²) in [6.07, 6.45) is 0. The zero-order chi connectivity index (χ0) is 15.7. The Morgan fingerprint density at radius 2 is 1.50 bits per heavy atom. The number of hydrogen-bond acceptors (Lipinski definition) is 3. The van der Waals surface area contributed by atoms with E-state index in [4.69, 9.17) is 4.18 Å². The SMILES string of the molecule is Cc1ccc(S(=O)(=O)Oc2c(C)ccc3ccccc23)cc1. The second kappa shape index (κ2) is 5.46. The first-order valence-corrected chi connectivity index (χ1v) is 8.38. The van der Waals surface area contributed by atoms with Crippen LogP contribution >= 0.6 is 0 Å². The van der Waals surface area contributed by atoms with Crippen molar-refractivity contribution in [2.24, 2.45) is 0 Å². The van der Waals surface area contributed by atoms with Crippen LogP contribution in [0.5, 0.6) is 5.75 Å². The molecule has 3 aromatic rings. The monoisotopic (exact) mass is 312 g/mol. The van der Waals surface area contributed by atoms with Crippen molar-refractivity contribution < 1.29 is 12.6 Å². The van der Waals surface area contributed by atoms with Gasteiger partial charge in [0.15, 0.2) is 5.75 Å². The van der Waals surface area contributed by atoms with Gasteiger partial charge in [-0.25, -0.2) is 0 Å². The molecule has 3 nitrogen and oxygen atoms in total. The number of rotatable bonds is 3. The molecule has 0 aromatic heterocycles. The van der Waals surface area contributed by atoms with Crippen LogP contribution in [0.3, 0.4) is 0 Å². The van der Waals surface area contributed by atoms with Crippen molar-refractivity contribution in [2.45, 2.75) is 18.7 Å². The molecule has 3 rings (SSSR count). The summed E-state index contributed by atoms with van der Waals surface area (Å²) in [7, 11) is -3.84. The maximum absolute atomic E-state index is 12.5. The summed E-state index contributed by atoms with van der Waals surface area (Å²) in [5, 5.41) is 1.74. The molecule has 0 fully saturated rings. The Labute approximate surface area is 130 Å². The average Bonchev–Trinajstić information content (AvgIpc) is 2.50. The van der Waals surface area contributed by atoms with Gasteiger partial charge in [0.25, 0.3) is 0 Å². The van der Waals surface area contributed by atoms with E-state index in [-0.39, 0.29) is 4.90 Å². The third kappa shape index (κ3) is 2.70. The Balaban J connectivity index is 2.09. The molecule has 0 N–H and O–H groups in total. The third-order valence-electron chi connectivity index (χ3n) is 3.58. The van der Waals surface area contributed by atoms with Gasteiger partial charge in [0.1, 0.15) is 4.90 Å². The van der Waals surface area contributed by atoms with Crippen LogP contribution in [-0.2, 0) is 10.1 Å².